The molecule has 0 radical (unpaired) electrons. The van der Waals surface area contributed by atoms with Crippen LogP contribution in [0.1, 0.15) is 27.3 Å². The summed E-state index contributed by atoms with van der Waals surface area (Å²) in [5.74, 6) is -0.369. The zero-order valence-electron chi connectivity index (χ0n) is 17.8. The van der Waals surface area contributed by atoms with Crippen molar-refractivity contribution in [1.29, 1.82) is 0 Å². The van der Waals surface area contributed by atoms with Crippen molar-refractivity contribution < 1.29 is 4.79 Å². The lowest BCUT2D eigenvalue weighted by Gasteiger charge is -2.24. The molecule has 0 aliphatic carbocycles. The minimum absolute atomic E-state index is 0.0989. The second kappa shape index (κ2) is 7.31. The first-order chi connectivity index (χ1) is 14.9. The number of imidazole rings is 1. The summed E-state index contributed by atoms with van der Waals surface area (Å²) in [6.07, 6.45) is 2.29. The van der Waals surface area contributed by atoms with Gasteiger partial charge in [0, 0.05) is 56.2 Å². The third-order valence-corrected chi connectivity index (χ3v) is 5.94. The van der Waals surface area contributed by atoms with E-state index in [1.807, 2.05) is 0 Å². The predicted octanol–water partition coefficient (Wildman–Crippen LogP) is 0.504. The number of amides is 1. The molecule has 1 aliphatic heterocycles. The van der Waals surface area contributed by atoms with E-state index in [2.05, 4.69) is 62.3 Å². The Labute approximate surface area is 178 Å². The Morgan fingerprint density at radius 2 is 2.10 bits per heavy atom. The molecule has 0 spiro atoms. The molecule has 4 heterocycles. The first-order valence-corrected chi connectivity index (χ1v) is 10.3. The van der Waals surface area contributed by atoms with Gasteiger partial charge in [-0.1, -0.05) is 16.8 Å². The highest BCUT2D eigenvalue weighted by atomic mass is 16.2. The van der Waals surface area contributed by atoms with E-state index in [9.17, 15) is 9.59 Å². The molecule has 10 heteroatoms. The van der Waals surface area contributed by atoms with Gasteiger partial charge in [0.2, 0.25) is 0 Å². The Morgan fingerprint density at radius 1 is 1.26 bits per heavy atom. The Kier molecular flexibility index (Phi) is 4.58. The Morgan fingerprint density at radius 3 is 2.94 bits per heavy atom. The van der Waals surface area contributed by atoms with Crippen LogP contribution in [0.15, 0.2) is 29.3 Å². The SMILES string of the molecule is Cc1ccc2c(c1)c1c(n2CCNC(=O)c2ncn3c(=O)n(C)nnc23)CCN(C)C1. The topological polar surface area (TPSA) is 102 Å². The number of hydrogen-bond acceptors (Lipinski definition) is 6. The number of nitrogens with one attached hydrogen (secondary N) is 1. The summed E-state index contributed by atoms with van der Waals surface area (Å²) in [7, 11) is 3.64. The number of hydrogen-bond donors (Lipinski definition) is 1. The van der Waals surface area contributed by atoms with Gasteiger partial charge < -0.3 is 14.8 Å². The molecular formula is C21H24N8O2. The molecule has 10 nitrogen and oxygen atoms in total. The molecule has 0 saturated carbocycles. The van der Waals surface area contributed by atoms with Crippen LogP contribution in [0.3, 0.4) is 0 Å². The fourth-order valence-corrected chi connectivity index (χ4v) is 4.36. The number of rotatable bonds is 4. The van der Waals surface area contributed by atoms with Crippen LogP contribution < -0.4 is 11.0 Å². The van der Waals surface area contributed by atoms with Crippen molar-refractivity contribution in [3.8, 4) is 0 Å². The summed E-state index contributed by atoms with van der Waals surface area (Å²) in [5.41, 5.74) is 5.02. The highest BCUT2D eigenvalue weighted by Crippen LogP contribution is 2.31. The molecule has 1 N–H and O–H groups in total. The van der Waals surface area contributed by atoms with E-state index >= 15 is 0 Å². The van der Waals surface area contributed by atoms with Crippen molar-refractivity contribution in [3.63, 3.8) is 0 Å². The highest BCUT2D eigenvalue weighted by Gasteiger charge is 2.23. The van der Waals surface area contributed by atoms with E-state index in [1.54, 1.807) is 0 Å². The Balaban J connectivity index is 1.39. The molecule has 160 valence electrons. The molecule has 1 amide bonds. The molecule has 0 unspecified atom stereocenters. The monoisotopic (exact) mass is 420 g/mol. The molecule has 0 saturated heterocycles. The lowest BCUT2D eigenvalue weighted by Crippen LogP contribution is -2.31. The first-order valence-electron chi connectivity index (χ1n) is 10.3. The van der Waals surface area contributed by atoms with E-state index < -0.39 is 5.69 Å². The van der Waals surface area contributed by atoms with Crippen LogP contribution >= 0.6 is 0 Å². The summed E-state index contributed by atoms with van der Waals surface area (Å²) < 4.78 is 4.63. The number of carbonyl (C=O) groups is 1. The molecule has 1 aromatic carbocycles. The minimum Gasteiger partial charge on any atom is -0.349 e. The third-order valence-electron chi connectivity index (χ3n) is 5.94. The Hall–Kier alpha value is -3.53. The average molecular weight is 420 g/mol. The number of aryl methyl sites for hydroxylation is 2. The summed E-state index contributed by atoms with van der Waals surface area (Å²) in [6, 6.07) is 6.54. The van der Waals surface area contributed by atoms with Crippen LogP contribution in [0.25, 0.3) is 16.6 Å². The van der Waals surface area contributed by atoms with E-state index in [-0.39, 0.29) is 17.2 Å². The van der Waals surface area contributed by atoms with Crippen molar-refractivity contribution in [2.24, 2.45) is 7.05 Å². The van der Waals surface area contributed by atoms with Crippen molar-refractivity contribution in [1.82, 2.24) is 39.2 Å². The fourth-order valence-electron chi connectivity index (χ4n) is 4.36. The summed E-state index contributed by atoms with van der Waals surface area (Å²) in [6.45, 7) is 5.16. The number of nitrogens with zero attached hydrogens (tertiary/aromatic N) is 7. The van der Waals surface area contributed by atoms with Crippen LogP contribution in [0.5, 0.6) is 0 Å². The second-order valence-electron chi connectivity index (χ2n) is 8.12. The smallest absolute Gasteiger partial charge is 0.349 e. The molecule has 31 heavy (non-hydrogen) atoms. The van der Waals surface area contributed by atoms with Crippen molar-refractivity contribution in [2.45, 2.75) is 26.4 Å². The Bertz CT molecular complexity index is 1380. The van der Waals surface area contributed by atoms with Gasteiger partial charge in [-0.2, -0.15) is 4.68 Å². The minimum atomic E-state index is -0.401. The standard InChI is InChI=1S/C21H24N8O2/c1-13-4-5-16-14(10-13)15-11-26(2)8-6-17(15)28(16)9-7-22-20(30)18-19-24-25-27(3)21(31)29(19)12-23-18/h4-5,10,12H,6-9,11H2,1-3H3,(H,22,30). The van der Waals surface area contributed by atoms with Crippen molar-refractivity contribution >= 4 is 22.5 Å². The molecular weight excluding hydrogens is 396 g/mol. The zero-order valence-corrected chi connectivity index (χ0v) is 17.8. The van der Waals surface area contributed by atoms with Gasteiger partial charge in [-0.25, -0.2) is 14.2 Å². The van der Waals surface area contributed by atoms with Gasteiger partial charge >= 0.3 is 5.69 Å². The van der Waals surface area contributed by atoms with Gasteiger partial charge in [0.25, 0.3) is 5.91 Å². The van der Waals surface area contributed by atoms with E-state index in [4.69, 9.17) is 0 Å². The molecule has 3 aromatic heterocycles. The summed E-state index contributed by atoms with van der Waals surface area (Å²) in [5, 5.41) is 11.9. The highest BCUT2D eigenvalue weighted by molar-refractivity contribution is 5.97. The normalized spacial score (nSPS) is 14.3. The van der Waals surface area contributed by atoms with E-state index in [0.717, 1.165) is 24.2 Å². The number of carbonyl (C=O) groups excluding carboxylic acids is 1. The quantitative estimate of drug-likeness (QED) is 0.516. The third kappa shape index (κ3) is 3.19. The van der Waals surface area contributed by atoms with Gasteiger partial charge in [0.05, 0.1) is 0 Å². The van der Waals surface area contributed by atoms with Gasteiger partial charge in [-0.15, -0.1) is 5.10 Å². The average Bonchev–Trinajstić information content (AvgIpc) is 3.31. The van der Waals surface area contributed by atoms with Gasteiger partial charge in [0.15, 0.2) is 11.3 Å². The molecule has 1 aliphatic rings. The second-order valence-corrected chi connectivity index (χ2v) is 8.12. The molecule has 5 rings (SSSR count). The van der Waals surface area contributed by atoms with Crippen LogP contribution in [0.4, 0.5) is 0 Å². The van der Waals surface area contributed by atoms with E-state index in [0.29, 0.717) is 13.1 Å². The number of aromatic nitrogens is 6. The fraction of sp³-hybridized carbons (Fsp3) is 0.381. The molecule has 0 atom stereocenters. The first kappa shape index (κ1) is 19.4. The molecule has 0 bridgehead atoms. The van der Waals surface area contributed by atoms with Gasteiger partial charge in [-0.05, 0) is 31.7 Å². The van der Waals surface area contributed by atoms with Crippen LogP contribution in [0, 0.1) is 6.92 Å². The van der Waals surface area contributed by atoms with Gasteiger partial charge in [-0.3, -0.25) is 4.79 Å². The zero-order chi connectivity index (χ0) is 21.7. The number of fused-ring (bicyclic) bond motifs is 4. The number of benzene rings is 1. The van der Waals surface area contributed by atoms with Crippen LogP contribution in [0.2, 0.25) is 0 Å². The summed E-state index contributed by atoms with van der Waals surface area (Å²) >= 11 is 0. The lowest BCUT2D eigenvalue weighted by atomic mass is 10.0. The van der Waals surface area contributed by atoms with Crippen molar-refractivity contribution in [2.75, 3.05) is 20.1 Å². The molecule has 0 fully saturated rings. The van der Waals surface area contributed by atoms with Gasteiger partial charge in [0.1, 0.15) is 6.33 Å². The van der Waals surface area contributed by atoms with Crippen LogP contribution in [-0.4, -0.2) is 59.9 Å². The maximum atomic E-state index is 12.7. The predicted molar refractivity (Wildman–Crippen MR) is 115 cm³/mol. The van der Waals surface area contributed by atoms with E-state index in [1.165, 1.54) is 45.5 Å². The van der Waals surface area contributed by atoms with Crippen LogP contribution in [-0.2, 0) is 26.6 Å². The molecule has 4 aromatic rings. The summed E-state index contributed by atoms with van der Waals surface area (Å²) in [4.78, 5) is 31.2. The van der Waals surface area contributed by atoms with Crippen molar-refractivity contribution in [3.05, 3.63) is 57.5 Å². The lowest BCUT2D eigenvalue weighted by molar-refractivity contribution is 0.0949. The number of likely N-dealkylation sites (N-methyl/N-ethyl adjacent to an activating group) is 1. The largest absolute Gasteiger partial charge is 0.352 e. The maximum absolute atomic E-state index is 12.7. The maximum Gasteiger partial charge on any atom is 0.352 e.